The first kappa shape index (κ1) is 15.4. The van der Waals surface area contributed by atoms with Gasteiger partial charge in [-0.1, -0.05) is 24.6 Å². The molecule has 0 aliphatic rings. The van der Waals surface area contributed by atoms with Crippen LogP contribution in [-0.2, 0) is 11.2 Å². The van der Waals surface area contributed by atoms with Crippen LogP contribution in [0.2, 0.25) is 0 Å². The lowest BCUT2D eigenvalue weighted by Gasteiger charge is -2.12. The summed E-state index contributed by atoms with van der Waals surface area (Å²) in [6.07, 6.45) is 2.72. The molecular formula is C18H23NO2. The first-order chi connectivity index (χ1) is 9.99. The van der Waals surface area contributed by atoms with Gasteiger partial charge < -0.3 is 9.72 Å². The molecule has 0 bridgehead atoms. The summed E-state index contributed by atoms with van der Waals surface area (Å²) in [5.74, 6) is -0.275. The van der Waals surface area contributed by atoms with Gasteiger partial charge in [-0.15, -0.1) is 0 Å². The second-order valence-corrected chi connectivity index (χ2v) is 5.40. The molecule has 3 heteroatoms. The van der Waals surface area contributed by atoms with E-state index in [9.17, 15) is 4.79 Å². The number of hydrogen-bond donors (Lipinski definition) is 1. The van der Waals surface area contributed by atoms with E-state index >= 15 is 0 Å². The fourth-order valence-electron chi connectivity index (χ4n) is 3.03. The van der Waals surface area contributed by atoms with Crippen LogP contribution in [0.5, 0.6) is 0 Å². The van der Waals surface area contributed by atoms with Gasteiger partial charge in [0.2, 0.25) is 0 Å². The number of carbonyl (C=O) groups is 1. The molecule has 112 valence electrons. The Morgan fingerprint density at radius 2 is 1.76 bits per heavy atom. The van der Waals surface area contributed by atoms with Crippen LogP contribution in [0.1, 0.15) is 46.6 Å². The number of H-pyrrole nitrogens is 1. The van der Waals surface area contributed by atoms with Crippen molar-refractivity contribution in [2.45, 2.75) is 41.0 Å². The van der Waals surface area contributed by atoms with Crippen molar-refractivity contribution >= 4 is 5.97 Å². The maximum atomic E-state index is 12.0. The van der Waals surface area contributed by atoms with Gasteiger partial charge in [-0.3, -0.25) is 0 Å². The third kappa shape index (κ3) is 2.87. The van der Waals surface area contributed by atoms with E-state index in [1.807, 2.05) is 13.1 Å². The fourth-order valence-corrected chi connectivity index (χ4v) is 3.03. The SMILES string of the molecule is CCOC(=O)c1[nH]cc(-c2c(C)cc(C)cc2C)c1CC. The zero-order valence-corrected chi connectivity index (χ0v) is 13.5. The number of benzene rings is 1. The smallest absolute Gasteiger partial charge is 0.355 e. The van der Waals surface area contributed by atoms with E-state index in [2.05, 4.69) is 44.8 Å². The Morgan fingerprint density at radius 3 is 2.29 bits per heavy atom. The summed E-state index contributed by atoms with van der Waals surface area (Å²) in [6.45, 7) is 10.6. The Labute approximate surface area is 126 Å². The molecule has 0 aliphatic heterocycles. The van der Waals surface area contributed by atoms with E-state index < -0.39 is 0 Å². The van der Waals surface area contributed by atoms with Crippen molar-refractivity contribution in [3.63, 3.8) is 0 Å². The molecule has 0 amide bonds. The Morgan fingerprint density at radius 1 is 1.14 bits per heavy atom. The number of aryl methyl sites for hydroxylation is 3. The van der Waals surface area contributed by atoms with Crippen LogP contribution in [0.4, 0.5) is 0 Å². The van der Waals surface area contributed by atoms with Crippen LogP contribution in [0.3, 0.4) is 0 Å². The van der Waals surface area contributed by atoms with E-state index in [1.165, 1.54) is 22.3 Å². The van der Waals surface area contributed by atoms with Gasteiger partial charge in [0.05, 0.1) is 6.61 Å². The molecule has 0 unspecified atom stereocenters. The van der Waals surface area contributed by atoms with Crippen molar-refractivity contribution in [1.82, 2.24) is 4.98 Å². The summed E-state index contributed by atoms with van der Waals surface area (Å²) >= 11 is 0. The molecule has 0 radical (unpaired) electrons. The van der Waals surface area contributed by atoms with E-state index in [0.717, 1.165) is 17.5 Å². The zero-order valence-electron chi connectivity index (χ0n) is 13.5. The van der Waals surface area contributed by atoms with Crippen LogP contribution in [0.15, 0.2) is 18.3 Å². The second kappa shape index (κ2) is 6.17. The van der Waals surface area contributed by atoms with Crippen molar-refractivity contribution in [2.75, 3.05) is 6.61 Å². The second-order valence-electron chi connectivity index (χ2n) is 5.40. The number of nitrogens with one attached hydrogen (secondary N) is 1. The van der Waals surface area contributed by atoms with Crippen molar-refractivity contribution in [2.24, 2.45) is 0 Å². The summed E-state index contributed by atoms with van der Waals surface area (Å²) in [5.41, 5.74) is 7.65. The summed E-state index contributed by atoms with van der Waals surface area (Å²) in [7, 11) is 0. The summed E-state index contributed by atoms with van der Waals surface area (Å²) < 4.78 is 5.13. The fraction of sp³-hybridized carbons (Fsp3) is 0.389. The van der Waals surface area contributed by atoms with Gasteiger partial charge in [-0.25, -0.2) is 4.79 Å². The number of ether oxygens (including phenoxy) is 1. The third-order valence-corrected chi connectivity index (χ3v) is 3.77. The van der Waals surface area contributed by atoms with E-state index in [-0.39, 0.29) is 5.97 Å². The van der Waals surface area contributed by atoms with Crippen LogP contribution in [0.25, 0.3) is 11.1 Å². The van der Waals surface area contributed by atoms with E-state index in [1.54, 1.807) is 0 Å². The maximum Gasteiger partial charge on any atom is 0.355 e. The molecular weight excluding hydrogens is 262 g/mol. The average Bonchev–Trinajstić information content (AvgIpc) is 2.81. The van der Waals surface area contributed by atoms with E-state index in [0.29, 0.717) is 12.3 Å². The normalized spacial score (nSPS) is 10.7. The summed E-state index contributed by atoms with van der Waals surface area (Å²) in [6, 6.07) is 4.36. The van der Waals surface area contributed by atoms with Crippen molar-refractivity contribution in [3.8, 4) is 11.1 Å². The van der Waals surface area contributed by atoms with Gasteiger partial charge >= 0.3 is 5.97 Å². The average molecular weight is 285 g/mol. The minimum Gasteiger partial charge on any atom is -0.461 e. The molecule has 2 rings (SSSR count). The molecule has 0 aliphatic carbocycles. The lowest BCUT2D eigenvalue weighted by molar-refractivity contribution is 0.0519. The third-order valence-electron chi connectivity index (χ3n) is 3.77. The molecule has 0 saturated carbocycles. The van der Waals surface area contributed by atoms with Gasteiger partial charge in [-0.2, -0.15) is 0 Å². The molecule has 0 atom stereocenters. The predicted octanol–water partition coefficient (Wildman–Crippen LogP) is 4.35. The Bertz CT molecular complexity index is 645. The number of hydrogen-bond acceptors (Lipinski definition) is 2. The summed E-state index contributed by atoms with van der Waals surface area (Å²) in [4.78, 5) is 15.1. The van der Waals surface area contributed by atoms with Crippen molar-refractivity contribution < 1.29 is 9.53 Å². The van der Waals surface area contributed by atoms with Crippen molar-refractivity contribution in [1.29, 1.82) is 0 Å². The first-order valence-electron chi connectivity index (χ1n) is 7.45. The highest BCUT2D eigenvalue weighted by atomic mass is 16.5. The van der Waals surface area contributed by atoms with E-state index in [4.69, 9.17) is 4.74 Å². The van der Waals surface area contributed by atoms with Crippen LogP contribution < -0.4 is 0 Å². The zero-order chi connectivity index (χ0) is 15.6. The molecule has 3 nitrogen and oxygen atoms in total. The minimum atomic E-state index is -0.275. The van der Waals surface area contributed by atoms with Gasteiger partial charge in [0.1, 0.15) is 5.69 Å². The Kier molecular flexibility index (Phi) is 4.51. The highest BCUT2D eigenvalue weighted by molar-refractivity contribution is 5.92. The summed E-state index contributed by atoms with van der Waals surface area (Å²) in [5, 5.41) is 0. The number of rotatable bonds is 4. The topological polar surface area (TPSA) is 42.1 Å². The molecule has 0 spiro atoms. The predicted molar refractivity (Wildman–Crippen MR) is 85.8 cm³/mol. The number of carbonyl (C=O) groups excluding carboxylic acids is 1. The van der Waals surface area contributed by atoms with Crippen LogP contribution >= 0.6 is 0 Å². The van der Waals surface area contributed by atoms with Crippen molar-refractivity contribution in [3.05, 3.63) is 46.3 Å². The lowest BCUT2D eigenvalue weighted by atomic mass is 9.92. The molecule has 0 saturated heterocycles. The lowest BCUT2D eigenvalue weighted by Crippen LogP contribution is -2.07. The Hall–Kier alpha value is -2.03. The number of esters is 1. The van der Waals surface area contributed by atoms with Crippen LogP contribution in [-0.4, -0.2) is 17.6 Å². The largest absolute Gasteiger partial charge is 0.461 e. The quantitative estimate of drug-likeness (QED) is 0.849. The molecule has 1 N–H and O–H groups in total. The molecule has 2 aromatic rings. The highest BCUT2D eigenvalue weighted by Gasteiger charge is 2.20. The molecule has 1 aromatic carbocycles. The minimum absolute atomic E-state index is 0.275. The number of aromatic amines is 1. The van der Waals surface area contributed by atoms with Gasteiger partial charge in [0.15, 0.2) is 0 Å². The number of aromatic nitrogens is 1. The van der Waals surface area contributed by atoms with Crippen LogP contribution in [0, 0.1) is 20.8 Å². The molecule has 21 heavy (non-hydrogen) atoms. The van der Waals surface area contributed by atoms with Gasteiger partial charge in [-0.05, 0) is 56.4 Å². The Balaban J connectivity index is 2.58. The maximum absolute atomic E-state index is 12.0. The first-order valence-corrected chi connectivity index (χ1v) is 7.45. The molecule has 1 heterocycles. The monoisotopic (exact) mass is 285 g/mol. The molecule has 0 fully saturated rings. The highest BCUT2D eigenvalue weighted by Crippen LogP contribution is 2.33. The standard InChI is InChI=1S/C18H23NO2/c1-6-14-15(10-19-17(14)18(20)21-7-2)16-12(4)8-11(3)9-13(16)5/h8-10,19H,6-7H2,1-5H3. The van der Waals surface area contributed by atoms with Gasteiger partial charge in [0.25, 0.3) is 0 Å². The van der Waals surface area contributed by atoms with Gasteiger partial charge in [0, 0.05) is 11.8 Å². The molecule has 1 aromatic heterocycles.